The van der Waals surface area contributed by atoms with Gasteiger partial charge in [0.25, 0.3) is 0 Å². The quantitative estimate of drug-likeness (QED) is 0.336. The Morgan fingerprint density at radius 3 is 2.17 bits per heavy atom. The van der Waals surface area contributed by atoms with E-state index in [4.69, 9.17) is 0 Å². The number of carbonyl (C=O) groups is 1. The van der Waals surface area contributed by atoms with E-state index in [1.807, 2.05) is 24.3 Å². The fourth-order valence-corrected chi connectivity index (χ4v) is 4.02. The van der Waals surface area contributed by atoms with Crippen molar-refractivity contribution in [3.05, 3.63) is 118 Å². The van der Waals surface area contributed by atoms with Gasteiger partial charge in [-0.25, -0.2) is 0 Å². The Kier molecular flexibility index (Phi) is 5.30. The molecule has 0 fully saturated rings. The molecule has 0 spiro atoms. The maximum Gasteiger partial charge on any atom is 0.185 e. The third-order valence-electron chi connectivity index (χ3n) is 6.01. The molecule has 0 aliphatic heterocycles. The SMILES string of the molecule is Cc1ccc(/C=C/C(=O)c2ccc3c(c2)C(C)(C)CC=C3c2ccc(C)cc2)cc1. The molecule has 0 radical (unpaired) electrons. The first-order valence-corrected chi connectivity index (χ1v) is 10.5. The highest BCUT2D eigenvalue weighted by atomic mass is 16.1. The summed E-state index contributed by atoms with van der Waals surface area (Å²) < 4.78 is 0. The van der Waals surface area contributed by atoms with Gasteiger partial charge in [-0.3, -0.25) is 4.79 Å². The molecule has 0 amide bonds. The number of hydrogen-bond donors (Lipinski definition) is 0. The number of carbonyl (C=O) groups excluding carboxylic acids is 1. The van der Waals surface area contributed by atoms with Crippen LogP contribution in [0.5, 0.6) is 0 Å². The van der Waals surface area contributed by atoms with Crippen molar-refractivity contribution in [2.75, 3.05) is 0 Å². The summed E-state index contributed by atoms with van der Waals surface area (Å²) in [4.78, 5) is 12.9. The molecule has 0 aromatic heterocycles. The second kappa shape index (κ2) is 7.91. The molecule has 4 rings (SSSR count). The summed E-state index contributed by atoms with van der Waals surface area (Å²) >= 11 is 0. The van der Waals surface area contributed by atoms with E-state index in [1.54, 1.807) is 6.08 Å². The fourth-order valence-electron chi connectivity index (χ4n) is 4.02. The number of allylic oxidation sites excluding steroid dienone is 2. The normalized spacial score (nSPS) is 15.0. The van der Waals surface area contributed by atoms with Crippen molar-refractivity contribution in [2.45, 2.75) is 39.5 Å². The molecule has 1 heteroatoms. The lowest BCUT2D eigenvalue weighted by molar-refractivity contribution is 0.104. The van der Waals surface area contributed by atoms with Crippen LogP contribution >= 0.6 is 0 Å². The third-order valence-corrected chi connectivity index (χ3v) is 6.01. The van der Waals surface area contributed by atoms with Crippen LogP contribution in [0.2, 0.25) is 0 Å². The number of hydrogen-bond acceptors (Lipinski definition) is 1. The van der Waals surface area contributed by atoms with Gasteiger partial charge in [-0.05, 0) is 65.7 Å². The predicted octanol–water partition coefficient (Wildman–Crippen LogP) is 7.31. The summed E-state index contributed by atoms with van der Waals surface area (Å²) in [6.45, 7) is 8.68. The van der Waals surface area contributed by atoms with Gasteiger partial charge < -0.3 is 0 Å². The molecule has 3 aromatic rings. The molecule has 1 aliphatic carbocycles. The Bertz CT molecular complexity index is 1140. The first-order chi connectivity index (χ1) is 14.3. The van der Waals surface area contributed by atoms with Crippen molar-refractivity contribution >= 4 is 17.4 Å². The van der Waals surface area contributed by atoms with Crippen LogP contribution in [0.3, 0.4) is 0 Å². The van der Waals surface area contributed by atoms with Gasteiger partial charge in [0.1, 0.15) is 0 Å². The lowest BCUT2D eigenvalue weighted by atomic mass is 9.71. The molecule has 0 saturated carbocycles. The largest absolute Gasteiger partial charge is 0.289 e. The van der Waals surface area contributed by atoms with Gasteiger partial charge in [-0.15, -0.1) is 0 Å². The summed E-state index contributed by atoms with van der Waals surface area (Å²) in [6, 6.07) is 23.1. The van der Waals surface area contributed by atoms with Gasteiger partial charge in [0.05, 0.1) is 0 Å². The highest BCUT2D eigenvalue weighted by Crippen LogP contribution is 2.41. The molecule has 1 aliphatic rings. The lowest BCUT2D eigenvalue weighted by Crippen LogP contribution is -2.22. The van der Waals surface area contributed by atoms with Crippen molar-refractivity contribution < 1.29 is 4.79 Å². The first kappa shape index (κ1) is 20.1. The summed E-state index contributed by atoms with van der Waals surface area (Å²) in [7, 11) is 0. The topological polar surface area (TPSA) is 17.1 Å². The summed E-state index contributed by atoms with van der Waals surface area (Å²) in [6.07, 6.45) is 6.87. The Balaban J connectivity index is 1.67. The van der Waals surface area contributed by atoms with Crippen molar-refractivity contribution in [3.63, 3.8) is 0 Å². The Morgan fingerprint density at radius 2 is 1.50 bits per heavy atom. The molecule has 0 saturated heterocycles. The van der Waals surface area contributed by atoms with Gasteiger partial charge in [-0.2, -0.15) is 0 Å². The smallest absolute Gasteiger partial charge is 0.185 e. The molecular formula is C29H28O. The lowest BCUT2D eigenvalue weighted by Gasteiger charge is -2.32. The van der Waals surface area contributed by atoms with Gasteiger partial charge in [-0.1, -0.05) is 97.8 Å². The minimum Gasteiger partial charge on any atom is -0.289 e. The molecule has 0 bridgehead atoms. The van der Waals surface area contributed by atoms with E-state index in [2.05, 4.69) is 82.3 Å². The van der Waals surface area contributed by atoms with Gasteiger partial charge in [0, 0.05) is 5.56 Å². The van der Waals surface area contributed by atoms with Crippen molar-refractivity contribution in [1.29, 1.82) is 0 Å². The molecule has 0 N–H and O–H groups in total. The summed E-state index contributed by atoms with van der Waals surface area (Å²) in [5, 5.41) is 0. The zero-order valence-corrected chi connectivity index (χ0v) is 18.2. The van der Waals surface area contributed by atoms with Crippen LogP contribution in [0.4, 0.5) is 0 Å². The number of ketones is 1. The molecule has 0 unspecified atom stereocenters. The second-order valence-corrected chi connectivity index (χ2v) is 8.94. The minimum atomic E-state index is 0.000488. The third kappa shape index (κ3) is 4.07. The Labute approximate surface area is 179 Å². The van der Waals surface area contributed by atoms with E-state index >= 15 is 0 Å². The van der Waals surface area contributed by atoms with Crippen LogP contribution in [0, 0.1) is 13.8 Å². The number of aryl methyl sites for hydroxylation is 2. The predicted molar refractivity (Wildman–Crippen MR) is 127 cm³/mol. The molecule has 0 heterocycles. The first-order valence-electron chi connectivity index (χ1n) is 10.5. The van der Waals surface area contributed by atoms with Crippen LogP contribution in [0.15, 0.2) is 78.9 Å². The average Bonchev–Trinajstić information content (AvgIpc) is 2.74. The van der Waals surface area contributed by atoms with Crippen molar-refractivity contribution in [3.8, 4) is 0 Å². The van der Waals surface area contributed by atoms with Crippen molar-refractivity contribution in [2.24, 2.45) is 0 Å². The van der Waals surface area contributed by atoms with Gasteiger partial charge >= 0.3 is 0 Å². The van der Waals surface area contributed by atoms with E-state index in [0.29, 0.717) is 0 Å². The zero-order chi connectivity index (χ0) is 21.3. The van der Waals surface area contributed by atoms with E-state index in [1.165, 1.54) is 33.4 Å². The molecular weight excluding hydrogens is 364 g/mol. The van der Waals surface area contributed by atoms with Crippen LogP contribution < -0.4 is 0 Å². The van der Waals surface area contributed by atoms with E-state index in [0.717, 1.165) is 17.5 Å². The summed E-state index contributed by atoms with van der Waals surface area (Å²) in [5.41, 5.74) is 9.23. The van der Waals surface area contributed by atoms with Crippen LogP contribution in [0.25, 0.3) is 11.6 Å². The van der Waals surface area contributed by atoms with E-state index in [9.17, 15) is 4.79 Å². The van der Waals surface area contributed by atoms with Gasteiger partial charge in [0.15, 0.2) is 5.78 Å². The molecule has 3 aromatic carbocycles. The van der Waals surface area contributed by atoms with Crippen molar-refractivity contribution in [1.82, 2.24) is 0 Å². The Morgan fingerprint density at radius 1 is 0.867 bits per heavy atom. The maximum atomic E-state index is 12.9. The number of benzene rings is 3. The standard InChI is InChI=1S/C29H28O/c1-20-5-9-22(10-6-20)11-16-28(30)24-14-15-26-25(23-12-7-21(2)8-13-23)17-18-29(3,4)27(26)19-24/h5-17,19H,18H2,1-4H3/b16-11+. The van der Waals surface area contributed by atoms with Crippen LogP contribution in [0.1, 0.15) is 64.0 Å². The maximum absolute atomic E-state index is 12.9. The average molecular weight is 393 g/mol. The highest BCUT2D eigenvalue weighted by molar-refractivity contribution is 6.07. The summed E-state index contributed by atoms with van der Waals surface area (Å²) in [5.74, 6) is 0.0422. The monoisotopic (exact) mass is 392 g/mol. The van der Waals surface area contributed by atoms with Crippen LogP contribution in [-0.4, -0.2) is 5.78 Å². The fraction of sp³-hybridized carbons (Fsp3) is 0.207. The van der Waals surface area contributed by atoms with E-state index < -0.39 is 0 Å². The Hall–Kier alpha value is -3.19. The molecule has 30 heavy (non-hydrogen) atoms. The highest BCUT2D eigenvalue weighted by Gasteiger charge is 2.29. The number of rotatable bonds is 4. The molecule has 150 valence electrons. The molecule has 0 atom stereocenters. The van der Waals surface area contributed by atoms with E-state index in [-0.39, 0.29) is 11.2 Å². The zero-order valence-electron chi connectivity index (χ0n) is 18.2. The van der Waals surface area contributed by atoms with Crippen LogP contribution in [-0.2, 0) is 5.41 Å². The molecule has 1 nitrogen and oxygen atoms in total. The van der Waals surface area contributed by atoms with Gasteiger partial charge in [0.2, 0.25) is 0 Å². The number of fused-ring (bicyclic) bond motifs is 1. The minimum absolute atomic E-state index is 0.000488. The second-order valence-electron chi connectivity index (χ2n) is 8.94.